The highest BCUT2D eigenvalue weighted by Crippen LogP contribution is 2.23. The molecule has 1 aromatic heterocycles. The minimum Gasteiger partial charge on any atom is -0.399 e. The van der Waals surface area contributed by atoms with Crippen LogP contribution < -0.4 is 11.5 Å². The highest BCUT2D eigenvalue weighted by atomic mass is 35.5. The maximum Gasteiger partial charge on any atom is 0.442 e. The second-order valence-corrected chi connectivity index (χ2v) is 5.45. The molecule has 0 atom stereocenters. The van der Waals surface area contributed by atoms with Gasteiger partial charge in [0.05, 0.1) is 10.7 Å². The first-order chi connectivity index (χ1) is 8.29. The van der Waals surface area contributed by atoms with Crippen molar-refractivity contribution in [3.05, 3.63) is 39.7 Å². The van der Waals surface area contributed by atoms with Crippen LogP contribution in [0, 0.1) is 0 Å². The van der Waals surface area contributed by atoms with E-state index in [-0.39, 0.29) is 5.41 Å². The number of aromatic nitrogens is 2. The maximum absolute atomic E-state index is 11.8. The lowest BCUT2D eigenvalue weighted by Crippen LogP contribution is -2.14. The Morgan fingerprint density at radius 3 is 2.56 bits per heavy atom. The first kappa shape index (κ1) is 12.7. The van der Waals surface area contributed by atoms with Crippen molar-refractivity contribution in [2.24, 2.45) is 0 Å². The first-order valence-electron chi connectivity index (χ1n) is 5.45. The second-order valence-electron chi connectivity index (χ2n) is 5.05. The van der Waals surface area contributed by atoms with Crippen LogP contribution in [0.25, 0.3) is 5.69 Å². The van der Waals surface area contributed by atoms with Gasteiger partial charge in [-0.25, -0.2) is 4.79 Å². The maximum atomic E-state index is 11.8. The molecule has 1 heterocycles. The number of rotatable bonds is 1. The van der Waals surface area contributed by atoms with E-state index < -0.39 is 5.76 Å². The molecule has 2 rings (SSSR count). The normalized spacial score (nSPS) is 11.8. The van der Waals surface area contributed by atoms with Crippen LogP contribution in [-0.2, 0) is 5.41 Å². The molecule has 0 spiro atoms. The summed E-state index contributed by atoms with van der Waals surface area (Å²) in [7, 11) is 0. The Morgan fingerprint density at radius 2 is 2.06 bits per heavy atom. The third-order valence-electron chi connectivity index (χ3n) is 2.39. The number of hydrogen-bond donors (Lipinski definition) is 1. The molecule has 0 aliphatic heterocycles. The summed E-state index contributed by atoms with van der Waals surface area (Å²) in [4.78, 5) is 11.8. The molecule has 18 heavy (non-hydrogen) atoms. The fourth-order valence-electron chi connectivity index (χ4n) is 1.43. The van der Waals surface area contributed by atoms with E-state index in [0.29, 0.717) is 22.3 Å². The Kier molecular flexibility index (Phi) is 2.94. The van der Waals surface area contributed by atoms with E-state index in [1.807, 2.05) is 20.8 Å². The number of anilines is 1. The van der Waals surface area contributed by atoms with Crippen LogP contribution in [-0.4, -0.2) is 9.78 Å². The molecule has 96 valence electrons. The lowest BCUT2D eigenvalue weighted by atomic mass is 9.97. The van der Waals surface area contributed by atoms with Gasteiger partial charge in [0.2, 0.25) is 5.89 Å². The highest BCUT2D eigenvalue weighted by Gasteiger charge is 2.23. The molecule has 0 fully saturated rings. The Morgan fingerprint density at radius 1 is 1.39 bits per heavy atom. The molecule has 6 heteroatoms. The summed E-state index contributed by atoms with van der Waals surface area (Å²) in [5, 5.41) is 4.51. The van der Waals surface area contributed by atoms with Gasteiger partial charge in [0, 0.05) is 11.1 Å². The van der Waals surface area contributed by atoms with Crippen LogP contribution in [0.3, 0.4) is 0 Å². The van der Waals surface area contributed by atoms with Gasteiger partial charge in [-0.15, -0.1) is 5.10 Å². The topological polar surface area (TPSA) is 74.1 Å². The summed E-state index contributed by atoms with van der Waals surface area (Å²) >= 11 is 6.04. The number of benzene rings is 1. The molecule has 1 aromatic carbocycles. The molecular weight excluding hydrogens is 254 g/mol. The van der Waals surface area contributed by atoms with Gasteiger partial charge in [-0.3, -0.25) is 0 Å². The van der Waals surface area contributed by atoms with E-state index in [9.17, 15) is 4.79 Å². The summed E-state index contributed by atoms with van der Waals surface area (Å²) in [5.41, 5.74) is 6.24. The predicted octanol–water partition coefficient (Wildman–Crippen LogP) is 2.36. The predicted molar refractivity (Wildman–Crippen MR) is 70.2 cm³/mol. The zero-order valence-corrected chi connectivity index (χ0v) is 11.2. The number of nitrogens with zero attached hydrogens (tertiary/aromatic N) is 2. The summed E-state index contributed by atoms with van der Waals surface area (Å²) in [6, 6.07) is 4.85. The number of halogens is 1. The average molecular weight is 268 g/mol. The molecule has 0 radical (unpaired) electrons. The molecule has 0 saturated carbocycles. The van der Waals surface area contributed by atoms with Crippen LogP contribution in [0.5, 0.6) is 0 Å². The molecule has 0 amide bonds. The van der Waals surface area contributed by atoms with Gasteiger partial charge in [-0.05, 0) is 18.2 Å². The third kappa shape index (κ3) is 2.26. The van der Waals surface area contributed by atoms with Crippen molar-refractivity contribution in [1.29, 1.82) is 0 Å². The number of nitrogens with two attached hydrogens (primary N) is 1. The van der Waals surface area contributed by atoms with Crippen LogP contribution in [0.2, 0.25) is 5.02 Å². The molecule has 0 unspecified atom stereocenters. The Hall–Kier alpha value is -1.75. The van der Waals surface area contributed by atoms with E-state index >= 15 is 0 Å². The van der Waals surface area contributed by atoms with Gasteiger partial charge in [0.25, 0.3) is 0 Å². The van der Waals surface area contributed by atoms with Crippen LogP contribution in [0.1, 0.15) is 26.7 Å². The zero-order valence-electron chi connectivity index (χ0n) is 10.4. The Balaban J connectivity index is 2.58. The quantitative estimate of drug-likeness (QED) is 0.805. The second kappa shape index (κ2) is 4.17. The standard InChI is InChI=1S/C12H14ClN3O2/c1-12(2,3)10-15-16(11(17)18-10)9-5-4-7(14)6-8(9)13/h4-6H,14H2,1-3H3. The van der Waals surface area contributed by atoms with Crippen molar-refractivity contribution in [1.82, 2.24) is 9.78 Å². The monoisotopic (exact) mass is 267 g/mol. The fraction of sp³-hybridized carbons (Fsp3) is 0.333. The minimum absolute atomic E-state index is 0.343. The molecule has 5 nitrogen and oxygen atoms in total. The van der Waals surface area contributed by atoms with E-state index in [2.05, 4.69) is 5.10 Å². The zero-order chi connectivity index (χ0) is 13.5. The molecule has 2 aromatic rings. The molecule has 0 aliphatic carbocycles. The average Bonchev–Trinajstić information content (AvgIpc) is 2.60. The SMILES string of the molecule is CC(C)(C)c1nn(-c2ccc(N)cc2Cl)c(=O)o1. The van der Waals surface area contributed by atoms with Crippen molar-refractivity contribution in [2.45, 2.75) is 26.2 Å². The smallest absolute Gasteiger partial charge is 0.399 e. The van der Waals surface area contributed by atoms with Crippen molar-refractivity contribution < 1.29 is 4.42 Å². The Bertz CT molecular complexity index is 638. The fourth-order valence-corrected chi connectivity index (χ4v) is 1.70. The molecule has 0 aliphatic rings. The number of nitrogen functional groups attached to an aromatic ring is 1. The van der Waals surface area contributed by atoms with Crippen LogP contribution >= 0.6 is 11.6 Å². The lowest BCUT2D eigenvalue weighted by Gasteiger charge is -2.11. The third-order valence-corrected chi connectivity index (χ3v) is 2.69. The van der Waals surface area contributed by atoms with Gasteiger partial charge in [0.1, 0.15) is 0 Å². The highest BCUT2D eigenvalue weighted by molar-refractivity contribution is 6.32. The van der Waals surface area contributed by atoms with E-state index in [1.54, 1.807) is 18.2 Å². The summed E-state index contributed by atoms with van der Waals surface area (Å²) < 4.78 is 6.27. The van der Waals surface area contributed by atoms with Gasteiger partial charge in [0.15, 0.2) is 0 Å². The van der Waals surface area contributed by atoms with Crippen LogP contribution in [0.4, 0.5) is 5.69 Å². The summed E-state index contributed by atoms with van der Waals surface area (Å²) in [6.45, 7) is 5.73. The summed E-state index contributed by atoms with van der Waals surface area (Å²) in [5.74, 6) is -0.202. The van der Waals surface area contributed by atoms with Gasteiger partial charge >= 0.3 is 5.76 Å². The summed E-state index contributed by atoms with van der Waals surface area (Å²) in [6.07, 6.45) is 0. The van der Waals surface area contributed by atoms with E-state index in [4.69, 9.17) is 21.8 Å². The van der Waals surface area contributed by atoms with E-state index in [0.717, 1.165) is 4.68 Å². The van der Waals surface area contributed by atoms with E-state index in [1.165, 1.54) is 0 Å². The molecular formula is C12H14ClN3O2. The largest absolute Gasteiger partial charge is 0.442 e. The minimum atomic E-state index is -0.563. The molecule has 2 N–H and O–H groups in total. The lowest BCUT2D eigenvalue weighted by molar-refractivity contribution is 0.375. The van der Waals surface area contributed by atoms with Crippen molar-refractivity contribution >= 4 is 17.3 Å². The Labute approximate surface area is 109 Å². The number of hydrogen-bond acceptors (Lipinski definition) is 4. The molecule has 0 bridgehead atoms. The first-order valence-corrected chi connectivity index (χ1v) is 5.83. The van der Waals surface area contributed by atoms with Gasteiger partial charge in [-0.1, -0.05) is 32.4 Å². The van der Waals surface area contributed by atoms with Gasteiger partial charge < -0.3 is 10.2 Å². The van der Waals surface area contributed by atoms with Crippen LogP contribution in [0.15, 0.2) is 27.4 Å². The van der Waals surface area contributed by atoms with Gasteiger partial charge in [-0.2, -0.15) is 4.68 Å². The van der Waals surface area contributed by atoms with Crippen molar-refractivity contribution in [3.63, 3.8) is 0 Å². The van der Waals surface area contributed by atoms with Crippen molar-refractivity contribution in [2.75, 3.05) is 5.73 Å². The molecule has 0 saturated heterocycles. The van der Waals surface area contributed by atoms with Crippen molar-refractivity contribution in [3.8, 4) is 5.69 Å².